The highest BCUT2D eigenvalue weighted by Gasteiger charge is 2.25. The van der Waals surface area contributed by atoms with Gasteiger partial charge in [0, 0.05) is 31.6 Å². The lowest BCUT2D eigenvalue weighted by molar-refractivity contribution is 0.0647. The van der Waals surface area contributed by atoms with Crippen molar-refractivity contribution in [3.8, 4) is 0 Å². The molecule has 1 fully saturated rings. The number of carbonyl (C=O) groups is 1. The van der Waals surface area contributed by atoms with Crippen molar-refractivity contribution >= 4 is 17.2 Å². The molecule has 1 saturated heterocycles. The van der Waals surface area contributed by atoms with Crippen LogP contribution >= 0.6 is 11.3 Å². The monoisotopic (exact) mass is 252 g/mol. The third-order valence-electron chi connectivity index (χ3n) is 3.64. The summed E-state index contributed by atoms with van der Waals surface area (Å²) in [6.45, 7) is 5.54. The molecule has 1 amide bonds. The van der Waals surface area contributed by atoms with Gasteiger partial charge in [0.2, 0.25) is 0 Å². The van der Waals surface area contributed by atoms with E-state index in [1.807, 2.05) is 28.8 Å². The van der Waals surface area contributed by atoms with Gasteiger partial charge in [-0.1, -0.05) is 6.92 Å². The minimum atomic E-state index is 0.168. The predicted octanol–water partition coefficient (Wildman–Crippen LogP) is 2.30. The number of carbonyl (C=O) groups excluding carboxylic acids is 1. The fourth-order valence-corrected chi connectivity index (χ4v) is 3.01. The Balaban J connectivity index is 1.92. The first-order valence-corrected chi connectivity index (χ1v) is 7.18. The van der Waals surface area contributed by atoms with Crippen LogP contribution in [0, 0.1) is 0 Å². The maximum atomic E-state index is 12.2. The van der Waals surface area contributed by atoms with E-state index in [4.69, 9.17) is 0 Å². The first kappa shape index (κ1) is 12.6. The minimum Gasteiger partial charge on any atom is -0.339 e. The normalized spacial score (nSPS) is 18.2. The van der Waals surface area contributed by atoms with Gasteiger partial charge in [-0.15, -0.1) is 0 Å². The molecule has 1 aromatic rings. The number of thiophene rings is 1. The van der Waals surface area contributed by atoms with Crippen LogP contribution in [0.4, 0.5) is 0 Å². The maximum absolute atomic E-state index is 12.2. The average Bonchev–Trinajstić information content (AvgIpc) is 2.91. The minimum absolute atomic E-state index is 0.168. The predicted molar refractivity (Wildman–Crippen MR) is 71.5 cm³/mol. The topological polar surface area (TPSA) is 23.6 Å². The van der Waals surface area contributed by atoms with E-state index in [0.717, 1.165) is 38.0 Å². The number of hydrogen-bond donors (Lipinski definition) is 0. The van der Waals surface area contributed by atoms with Crippen LogP contribution in [0.2, 0.25) is 0 Å². The fraction of sp³-hybridized carbons (Fsp3) is 0.615. The summed E-state index contributed by atoms with van der Waals surface area (Å²) in [5.41, 5.74) is 0.829. The molecule has 2 rings (SSSR count). The Kier molecular flexibility index (Phi) is 4.18. The van der Waals surface area contributed by atoms with Crippen molar-refractivity contribution in [2.45, 2.75) is 25.8 Å². The van der Waals surface area contributed by atoms with Crippen LogP contribution in [0.15, 0.2) is 16.8 Å². The third kappa shape index (κ3) is 2.87. The van der Waals surface area contributed by atoms with Crippen LogP contribution in [0.3, 0.4) is 0 Å². The second-order valence-electron chi connectivity index (χ2n) is 4.59. The van der Waals surface area contributed by atoms with Gasteiger partial charge >= 0.3 is 0 Å². The Hall–Kier alpha value is -0.870. The summed E-state index contributed by atoms with van der Waals surface area (Å²) >= 11 is 1.58. The summed E-state index contributed by atoms with van der Waals surface area (Å²) in [6.07, 6.45) is 2.19. The van der Waals surface area contributed by atoms with E-state index >= 15 is 0 Å². The lowest BCUT2D eigenvalue weighted by Crippen LogP contribution is -2.45. The first-order chi connectivity index (χ1) is 8.22. The molecule has 1 aromatic heterocycles. The number of hydrogen-bond acceptors (Lipinski definition) is 3. The van der Waals surface area contributed by atoms with Crippen LogP contribution in [-0.2, 0) is 0 Å². The number of likely N-dealkylation sites (tertiary alicyclic amines) is 1. The number of piperidine rings is 1. The van der Waals surface area contributed by atoms with Crippen LogP contribution in [0.1, 0.15) is 30.1 Å². The molecule has 0 saturated carbocycles. The second-order valence-corrected chi connectivity index (χ2v) is 5.37. The van der Waals surface area contributed by atoms with Gasteiger partial charge in [0.15, 0.2) is 0 Å². The number of amides is 1. The highest BCUT2D eigenvalue weighted by atomic mass is 32.1. The molecule has 3 nitrogen and oxygen atoms in total. The SMILES string of the molecule is CCN1CCC(N(C)C(=O)c2ccsc2)CC1. The van der Waals surface area contributed by atoms with Crippen molar-refractivity contribution in [2.75, 3.05) is 26.7 Å². The van der Waals surface area contributed by atoms with Gasteiger partial charge in [-0.25, -0.2) is 0 Å². The summed E-state index contributed by atoms with van der Waals surface area (Å²) in [5.74, 6) is 0.168. The molecule has 0 N–H and O–H groups in total. The Morgan fingerprint density at radius 1 is 1.53 bits per heavy atom. The van der Waals surface area contributed by atoms with Crippen molar-refractivity contribution < 1.29 is 4.79 Å². The van der Waals surface area contributed by atoms with Crippen LogP contribution in [0.25, 0.3) is 0 Å². The van der Waals surface area contributed by atoms with Gasteiger partial charge in [0.1, 0.15) is 0 Å². The standard InChI is InChI=1S/C13H20N2OS/c1-3-15-7-4-12(5-8-15)14(2)13(16)11-6-9-17-10-11/h6,9-10,12H,3-5,7-8H2,1-2H3. The fourth-order valence-electron chi connectivity index (χ4n) is 2.38. The molecule has 0 radical (unpaired) electrons. The summed E-state index contributed by atoms with van der Waals surface area (Å²) in [4.78, 5) is 16.5. The van der Waals surface area contributed by atoms with Crippen molar-refractivity contribution in [3.63, 3.8) is 0 Å². The van der Waals surface area contributed by atoms with E-state index in [0.29, 0.717) is 6.04 Å². The average molecular weight is 252 g/mol. The zero-order chi connectivity index (χ0) is 12.3. The van der Waals surface area contributed by atoms with Gasteiger partial charge in [-0.3, -0.25) is 4.79 Å². The van der Waals surface area contributed by atoms with E-state index in [1.54, 1.807) is 11.3 Å². The quantitative estimate of drug-likeness (QED) is 0.824. The highest BCUT2D eigenvalue weighted by Crippen LogP contribution is 2.18. The second kappa shape index (κ2) is 5.65. The van der Waals surface area contributed by atoms with Gasteiger partial charge < -0.3 is 9.80 Å². The van der Waals surface area contributed by atoms with Crippen LogP contribution in [0.5, 0.6) is 0 Å². The Morgan fingerprint density at radius 3 is 2.76 bits per heavy atom. The number of rotatable bonds is 3. The molecule has 94 valence electrons. The van der Waals surface area contributed by atoms with Gasteiger partial charge in [0.05, 0.1) is 5.56 Å². The molecular weight excluding hydrogens is 232 g/mol. The molecule has 17 heavy (non-hydrogen) atoms. The largest absolute Gasteiger partial charge is 0.339 e. The Bertz CT molecular complexity index is 356. The molecule has 4 heteroatoms. The molecule has 2 heterocycles. The third-order valence-corrected chi connectivity index (χ3v) is 4.32. The molecule has 0 spiro atoms. The van der Waals surface area contributed by atoms with Crippen LogP contribution < -0.4 is 0 Å². The molecule has 1 aliphatic rings. The summed E-state index contributed by atoms with van der Waals surface area (Å²) in [6, 6.07) is 2.32. The molecular formula is C13H20N2OS. The number of nitrogens with zero attached hydrogens (tertiary/aromatic N) is 2. The van der Waals surface area contributed by atoms with Gasteiger partial charge in [0.25, 0.3) is 5.91 Å². The summed E-state index contributed by atoms with van der Waals surface area (Å²) in [7, 11) is 1.94. The van der Waals surface area contributed by atoms with Crippen molar-refractivity contribution in [3.05, 3.63) is 22.4 Å². The molecule has 1 aliphatic heterocycles. The molecule has 0 aromatic carbocycles. The van der Waals surface area contributed by atoms with Crippen molar-refractivity contribution in [2.24, 2.45) is 0 Å². The van der Waals surface area contributed by atoms with E-state index in [2.05, 4.69) is 11.8 Å². The van der Waals surface area contributed by atoms with E-state index < -0.39 is 0 Å². The molecule has 0 bridgehead atoms. The van der Waals surface area contributed by atoms with Crippen LogP contribution in [-0.4, -0.2) is 48.4 Å². The molecule has 0 atom stereocenters. The maximum Gasteiger partial charge on any atom is 0.254 e. The van der Waals surface area contributed by atoms with Crippen molar-refractivity contribution in [1.82, 2.24) is 9.80 Å². The molecule has 0 aliphatic carbocycles. The Labute approximate surface area is 107 Å². The summed E-state index contributed by atoms with van der Waals surface area (Å²) < 4.78 is 0. The zero-order valence-electron chi connectivity index (χ0n) is 10.6. The smallest absolute Gasteiger partial charge is 0.254 e. The van der Waals surface area contributed by atoms with Crippen molar-refractivity contribution in [1.29, 1.82) is 0 Å². The highest BCUT2D eigenvalue weighted by molar-refractivity contribution is 7.08. The molecule has 0 unspecified atom stereocenters. The lowest BCUT2D eigenvalue weighted by Gasteiger charge is -2.36. The van der Waals surface area contributed by atoms with E-state index in [1.165, 1.54) is 0 Å². The lowest BCUT2D eigenvalue weighted by atomic mass is 10.0. The first-order valence-electron chi connectivity index (χ1n) is 6.24. The summed E-state index contributed by atoms with van der Waals surface area (Å²) in [5, 5.41) is 3.89. The van der Waals surface area contributed by atoms with E-state index in [-0.39, 0.29) is 5.91 Å². The van der Waals surface area contributed by atoms with E-state index in [9.17, 15) is 4.79 Å². The van der Waals surface area contributed by atoms with Gasteiger partial charge in [-0.2, -0.15) is 11.3 Å². The van der Waals surface area contributed by atoms with Gasteiger partial charge in [-0.05, 0) is 30.8 Å². The Morgan fingerprint density at radius 2 is 2.24 bits per heavy atom. The zero-order valence-corrected chi connectivity index (χ0v) is 11.4.